The SMILES string of the molecule is CC(C)C[C@@H](NC(=O)c1ccccc1OCC(N)=O)C(=O)O. The Balaban J connectivity index is 2.87. The molecule has 4 N–H and O–H groups in total. The molecule has 120 valence electrons. The summed E-state index contributed by atoms with van der Waals surface area (Å²) in [7, 11) is 0. The van der Waals surface area contributed by atoms with Gasteiger partial charge in [0, 0.05) is 0 Å². The van der Waals surface area contributed by atoms with Gasteiger partial charge in [-0.2, -0.15) is 0 Å². The molecular formula is C15H20N2O5. The molecule has 1 rings (SSSR count). The van der Waals surface area contributed by atoms with E-state index in [0.717, 1.165) is 0 Å². The molecule has 0 fully saturated rings. The van der Waals surface area contributed by atoms with Crippen LogP contribution in [0.25, 0.3) is 0 Å². The number of rotatable bonds is 8. The summed E-state index contributed by atoms with van der Waals surface area (Å²) < 4.78 is 5.16. The van der Waals surface area contributed by atoms with E-state index >= 15 is 0 Å². The number of hydrogen-bond donors (Lipinski definition) is 3. The first-order valence-corrected chi connectivity index (χ1v) is 6.85. The number of nitrogens with one attached hydrogen (secondary N) is 1. The third-order valence-electron chi connectivity index (χ3n) is 2.81. The Bertz CT molecular complexity index is 557. The van der Waals surface area contributed by atoms with Gasteiger partial charge >= 0.3 is 5.97 Å². The van der Waals surface area contributed by atoms with Crippen molar-refractivity contribution in [2.24, 2.45) is 11.7 Å². The summed E-state index contributed by atoms with van der Waals surface area (Å²) in [5, 5.41) is 11.6. The molecule has 2 amide bonds. The molecule has 0 aliphatic heterocycles. The Morgan fingerprint density at radius 2 is 1.91 bits per heavy atom. The number of primary amides is 1. The Morgan fingerprint density at radius 1 is 1.27 bits per heavy atom. The van der Waals surface area contributed by atoms with Crippen molar-refractivity contribution in [2.45, 2.75) is 26.3 Å². The van der Waals surface area contributed by atoms with E-state index in [1.54, 1.807) is 12.1 Å². The molecule has 0 aliphatic rings. The Kier molecular flexibility index (Phi) is 6.37. The summed E-state index contributed by atoms with van der Waals surface area (Å²) in [4.78, 5) is 34.2. The van der Waals surface area contributed by atoms with Gasteiger partial charge in [0.15, 0.2) is 6.61 Å². The zero-order valence-electron chi connectivity index (χ0n) is 12.5. The maximum Gasteiger partial charge on any atom is 0.326 e. The number of benzene rings is 1. The molecule has 0 saturated carbocycles. The van der Waals surface area contributed by atoms with E-state index in [4.69, 9.17) is 15.6 Å². The van der Waals surface area contributed by atoms with Crippen LogP contribution in [0.4, 0.5) is 0 Å². The number of carboxylic acids is 1. The standard InChI is InChI=1S/C15H20N2O5/c1-9(2)7-11(15(20)21)17-14(19)10-5-3-4-6-12(10)22-8-13(16)18/h3-6,9,11H,7-8H2,1-2H3,(H2,16,18)(H,17,19)(H,20,21)/t11-/m1/s1. The zero-order chi connectivity index (χ0) is 16.7. The summed E-state index contributed by atoms with van der Waals surface area (Å²) in [6.45, 7) is 3.37. The van der Waals surface area contributed by atoms with E-state index in [2.05, 4.69) is 5.32 Å². The second kappa shape index (κ2) is 8.02. The first-order chi connectivity index (χ1) is 10.3. The second-order valence-corrected chi connectivity index (χ2v) is 5.24. The molecule has 22 heavy (non-hydrogen) atoms. The van der Waals surface area contributed by atoms with Crippen LogP contribution in [-0.4, -0.2) is 35.5 Å². The number of nitrogens with two attached hydrogens (primary N) is 1. The van der Waals surface area contributed by atoms with E-state index in [0.29, 0.717) is 6.42 Å². The molecule has 1 aromatic carbocycles. The molecule has 0 saturated heterocycles. The predicted octanol–water partition coefficient (Wildman–Crippen LogP) is 0.780. The minimum atomic E-state index is -1.10. The lowest BCUT2D eigenvalue weighted by atomic mass is 10.0. The molecule has 0 heterocycles. The van der Waals surface area contributed by atoms with Crippen LogP contribution in [0.2, 0.25) is 0 Å². The molecule has 0 aliphatic carbocycles. The van der Waals surface area contributed by atoms with Gasteiger partial charge in [-0.1, -0.05) is 26.0 Å². The van der Waals surface area contributed by atoms with Crippen molar-refractivity contribution in [3.63, 3.8) is 0 Å². The minimum Gasteiger partial charge on any atom is -0.483 e. The maximum atomic E-state index is 12.2. The van der Waals surface area contributed by atoms with Gasteiger partial charge in [0.05, 0.1) is 5.56 Å². The van der Waals surface area contributed by atoms with Gasteiger partial charge in [-0.05, 0) is 24.5 Å². The number of carbonyl (C=O) groups excluding carboxylic acids is 2. The Morgan fingerprint density at radius 3 is 2.45 bits per heavy atom. The number of ether oxygens (including phenoxy) is 1. The lowest BCUT2D eigenvalue weighted by Crippen LogP contribution is -2.41. The highest BCUT2D eigenvalue weighted by atomic mass is 16.5. The molecule has 0 radical (unpaired) electrons. The topological polar surface area (TPSA) is 119 Å². The molecule has 7 heteroatoms. The van der Waals surface area contributed by atoms with Gasteiger partial charge in [0.25, 0.3) is 11.8 Å². The first-order valence-electron chi connectivity index (χ1n) is 6.85. The maximum absolute atomic E-state index is 12.2. The molecule has 0 spiro atoms. The van der Waals surface area contributed by atoms with Gasteiger partial charge < -0.3 is 20.9 Å². The molecule has 1 atom stereocenters. The van der Waals surface area contributed by atoms with Crippen molar-refractivity contribution in [1.29, 1.82) is 0 Å². The van der Waals surface area contributed by atoms with Crippen LogP contribution in [0.15, 0.2) is 24.3 Å². The highest BCUT2D eigenvalue weighted by Gasteiger charge is 2.23. The number of amides is 2. The van der Waals surface area contributed by atoms with E-state index < -0.39 is 23.8 Å². The number of carbonyl (C=O) groups is 3. The lowest BCUT2D eigenvalue weighted by Gasteiger charge is -2.17. The predicted molar refractivity (Wildman–Crippen MR) is 79.5 cm³/mol. The van der Waals surface area contributed by atoms with Gasteiger partial charge in [0.1, 0.15) is 11.8 Å². The highest BCUT2D eigenvalue weighted by molar-refractivity contribution is 5.99. The minimum absolute atomic E-state index is 0.114. The van der Waals surface area contributed by atoms with Gasteiger partial charge in [-0.15, -0.1) is 0 Å². The van der Waals surface area contributed by atoms with Gasteiger partial charge in [-0.3, -0.25) is 9.59 Å². The quantitative estimate of drug-likeness (QED) is 0.655. The van der Waals surface area contributed by atoms with Crippen molar-refractivity contribution >= 4 is 17.8 Å². The van der Waals surface area contributed by atoms with Crippen molar-refractivity contribution < 1.29 is 24.2 Å². The second-order valence-electron chi connectivity index (χ2n) is 5.24. The average Bonchev–Trinajstić information content (AvgIpc) is 2.44. The first kappa shape index (κ1) is 17.5. The fourth-order valence-electron chi connectivity index (χ4n) is 1.86. The van der Waals surface area contributed by atoms with Crippen molar-refractivity contribution in [2.75, 3.05) is 6.61 Å². The largest absolute Gasteiger partial charge is 0.483 e. The highest BCUT2D eigenvalue weighted by Crippen LogP contribution is 2.18. The Labute approximate surface area is 128 Å². The van der Waals surface area contributed by atoms with E-state index in [-0.39, 0.29) is 23.8 Å². The monoisotopic (exact) mass is 308 g/mol. The number of hydrogen-bond acceptors (Lipinski definition) is 4. The number of aliphatic carboxylic acids is 1. The third kappa shape index (κ3) is 5.43. The van der Waals surface area contributed by atoms with Crippen molar-refractivity contribution in [3.8, 4) is 5.75 Å². The van der Waals surface area contributed by atoms with E-state index in [1.807, 2.05) is 13.8 Å². The fraction of sp³-hybridized carbons (Fsp3) is 0.400. The van der Waals surface area contributed by atoms with Crippen molar-refractivity contribution in [3.05, 3.63) is 29.8 Å². The number of carboxylic acid groups (broad SMARTS) is 1. The van der Waals surface area contributed by atoms with Crippen molar-refractivity contribution in [1.82, 2.24) is 5.32 Å². The zero-order valence-corrected chi connectivity index (χ0v) is 12.5. The van der Waals surface area contributed by atoms with E-state index in [1.165, 1.54) is 12.1 Å². The average molecular weight is 308 g/mol. The van der Waals surface area contributed by atoms with Crippen LogP contribution in [-0.2, 0) is 9.59 Å². The lowest BCUT2D eigenvalue weighted by molar-refractivity contribution is -0.139. The summed E-state index contributed by atoms with van der Waals surface area (Å²) in [6, 6.07) is 5.26. The molecular weight excluding hydrogens is 288 g/mol. The van der Waals surface area contributed by atoms with Crippen LogP contribution < -0.4 is 15.8 Å². The molecule has 0 aromatic heterocycles. The fourth-order valence-corrected chi connectivity index (χ4v) is 1.86. The summed E-state index contributed by atoms with van der Waals surface area (Å²) in [5.41, 5.74) is 5.15. The van der Waals surface area contributed by atoms with Gasteiger partial charge in [0.2, 0.25) is 0 Å². The normalized spacial score (nSPS) is 11.8. The van der Waals surface area contributed by atoms with Crippen LogP contribution in [0.5, 0.6) is 5.75 Å². The molecule has 0 bridgehead atoms. The third-order valence-corrected chi connectivity index (χ3v) is 2.81. The summed E-state index contributed by atoms with van der Waals surface area (Å²) in [5.74, 6) is -2.06. The van der Waals surface area contributed by atoms with Crippen LogP contribution in [0.3, 0.4) is 0 Å². The smallest absolute Gasteiger partial charge is 0.326 e. The summed E-state index contributed by atoms with van der Waals surface area (Å²) >= 11 is 0. The van der Waals surface area contributed by atoms with Crippen LogP contribution in [0, 0.1) is 5.92 Å². The number of para-hydroxylation sites is 1. The molecule has 0 unspecified atom stereocenters. The summed E-state index contributed by atoms with van der Waals surface area (Å²) in [6.07, 6.45) is 0.311. The Hall–Kier alpha value is -2.57. The molecule has 1 aromatic rings. The molecule has 7 nitrogen and oxygen atoms in total. The van der Waals surface area contributed by atoms with Gasteiger partial charge in [-0.25, -0.2) is 4.79 Å². The van der Waals surface area contributed by atoms with E-state index in [9.17, 15) is 14.4 Å². The van der Waals surface area contributed by atoms with Crippen LogP contribution in [0.1, 0.15) is 30.6 Å². The van der Waals surface area contributed by atoms with Crippen LogP contribution >= 0.6 is 0 Å².